The lowest BCUT2D eigenvalue weighted by Gasteiger charge is -2.31. The third kappa shape index (κ3) is 2.28. The van der Waals surface area contributed by atoms with E-state index in [4.69, 9.17) is 0 Å². The Labute approximate surface area is 144 Å². The molecular weight excluding hydrogens is 298 g/mol. The second kappa shape index (κ2) is 5.80. The molecule has 24 heavy (non-hydrogen) atoms. The van der Waals surface area contributed by atoms with Crippen molar-refractivity contribution in [2.24, 2.45) is 5.92 Å². The Morgan fingerprint density at radius 1 is 0.917 bits per heavy atom. The summed E-state index contributed by atoms with van der Waals surface area (Å²) in [4.78, 5) is 26.3. The predicted molar refractivity (Wildman–Crippen MR) is 94.3 cm³/mol. The van der Waals surface area contributed by atoms with Crippen LogP contribution in [-0.4, -0.2) is 23.5 Å². The molecule has 0 amide bonds. The van der Waals surface area contributed by atoms with E-state index in [9.17, 15) is 9.59 Å². The molecule has 1 aromatic rings. The number of carbonyl (C=O) groups excluding carboxylic acids is 2. The molecular formula is C21H27NO2. The number of benzene rings is 1. The highest BCUT2D eigenvalue weighted by Gasteiger charge is 2.45. The van der Waals surface area contributed by atoms with Gasteiger partial charge in [0.25, 0.3) is 0 Å². The molecule has 2 heterocycles. The lowest BCUT2D eigenvalue weighted by molar-refractivity contribution is -0.121. The molecule has 0 spiro atoms. The first kappa shape index (κ1) is 16.0. The van der Waals surface area contributed by atoms with Crippen LogP contribution in [0.4, 0.5) is 0 Å². The van der Waals surface area contributed by atoms with Gasteiger partial charge in [0, 0.05) is 23.6 Å². The second-order valence-corrected chi connectivity index (χ2v) is 8.02. The van der Waals surface area contributed by atoms with Crippen molar-refractivity contribution < 1.29 is 9.59 Å². The van der Waals surface area contributed by atoms with Crippen molar-refractivity contribution in [2.75, 3.05) is 7.05 Å². The molecule has 2 atom stereocenters. The van der Waals surface area contributed by atoms with Crippen molar-refractivity contribution in [3.63, 3.8) is 0 Å². The standard InChI is InChI=1S/C21H27NO2/c1-12(23)14-4-6-15(7-5-14)17-9-8-16(13(2)24)20-18-10-11-19(21(17)20)22(18)3/h8-9,14-15,18-19H,4-7,10-11H2,1-3H3. The summed E-state index contributed by atoms with van der Waals surface area (Å²) in [7, 11) is 2.21. The summed E-state index contributed by atoms with van der Waals surface area (Å²) < 4.78 is 0. The van der Waals surface area contributed by atoms with Gasteiger partial charge in [-0.15, -0.1) is 0 Å². The first-order valence-corrected chi connectivity index (χ1v) is 9.39. The van der Waals surface area contributed by atoms with Crippen LogP contribution in [0.3, 0.4) is 0 Å². The Morgan fingerprint density at radius 3 is 2.12 bits per heavy atom. The van der Waals surface area contributed by atoms with Crippen molar-refractivity contribution >= 4 is 11.6 Å². The van der Waals surface area contributed by atoms with E-state index < -0.39 is 0 Å². The molecule has 1 aromatic carbocycles. The number of ketones is 2. The summed E-state index contributed by atoms with van der Waals surface area (Å²) in [5.41, 5.74) is 5.20. The Morgan fingerprint density at radius 2 is 1.54 bits per heavy atom. The summed E-state index contributed by atoms with van der Waals surface area (Å²) in [5, 5.41) is 0. The van der Waals surface area contributed by atoms with E-state index in [1.165, 1.54) is 29.5 Å². The maximum Gasteiger partial charge on any atom is 0.160 e. The monoisotopic (exact) mass is 325 g/mol. The van der Waals surface area contributed by atoms with Crippen LogP contribution in [0.15, 0.2) is 12.1 Å². The zero-order valence-corrected chi connectivity index (χ0v) is 15.0. The van der Waals surface area contributed by atoms with Crippen molar-refractivity contribution in [3.05, 3.63) is 34.4 Å². The van der Waals surface area contributed by atoms with Crippen LogP contribution in [0.5, 0.6) is 0 Å². The van der Waals surface area contributed by atoms with Gasteiger partial charge in [0.05, 0.1) is 0 Å². The number of hydrogen-bond acceptors (Lipinski definition) is 3. The highest BCUT2D eigenvalue weighted by molar-refractivity contribution is 5.96. The quantitative estimate of drug-likeness (QED) is 0.764. The van der Waals surface area contributed by atoms with Crippen molar-refractivity contribution in [2.45, 2.75) is 70.4 Å². The minimum absolute atomic E-state index is 0.194. The average Bonchev–Trinajstić information content (AvgIpc) is 3.07. The van der Waals surface area contributed by atoms with Crippen LogP contribution in [0.1, 0.15) is 97.4 Å². The summed E-state index contributed by atoms with van der Waals surface area (Å²) in [6.45, 7) is 3.43. The topological polar surface area (TPSA) is 37.4 Å². The Hall–Kier alpha value is -1.48. The zero-order chi connectivity index (χ0) is 17.0. The van der Waals surface area contributed by atoms with E-state index in [1.54, 1.807) is 13.8 Å². The van der Waals surface area contributed by atoms with E-state index >= 15 is 0 Å². The summed E-state index contributed by atoms with van der Waals surface area (Å²) in [6, 6.07) is 5.22. The molecule has 4 rings (SSSR count). The fourth-order valence-corrected chi connectivity index (χ4v) is 5.49. The lowest BCUT2D eigenvalue weighted by atomic mass is 9.73. The lowest BCUT2D eigenvalue weighted by Crippen LogP contribution is -2.20. The molecule has 3 aliphatic rings. The molecule has 3 nitrogen and oxygen atoms in total. The SMILES string of the molecule is CC(=O)c1ccc(C2CCC(C(C)=O)CC2)c2c1C1CCC2N1C. The van der Waals surface area contributed by atoms with Crippen LogP contribution < -0.4 is 0 Å². The zero-order valence-electron chi connectivity index (χ0n) is 15.0. The Bertz CT molecular complexity index is 700. The van der Waals surface area contributed by atoms with Gasteiger partial charge in [0.2, 0.25) is 0 Å². The van der Waals surface area contributed by atoms with Crippen molar-refractivity contribution in [3.8, 4) is 0 Å². The van der Waals surface area contributed by atoms with Crippen LogP contribution in [-0.2, 0) is 4.79 Å². The van der Waals surface area contributed by atoms with Gasteiger partial charge in [-0.25, -0.2) is 0 Å². The van der Waals surface area contributed by atoms with Crippen LogP contribution >= 0.6 is 0 Å². The first-order valence-electron chi connectivity index (χ1n) is 9.39. The van der Waals surface area contributed by atoms with Gasteiger partial charge < -0.3 is 0 Å². The summed E-state index contributed by atoms with van der Waals surface area (Å²) >= 11 is 0. The van der Waals surface area contributed by atoms with E-state index in [0.29, 0.717) is 23.8 Å². The molecule has 0 N–H and O–H groups in total. The normalized spacial score (nSPS) is 32.0. The van der Waals surface area contributed by atoms with Gasteiger partial charge in [-0.1, -0.05) is 12.1 Å². The molecule has 2 unspecified atom stereocenters. The van der Waals surface area contributed by atoms with Crippen LogP contribution in [0.25, 0.3) is 0 Å². The molecule has 0 radical (unpaired) electrons. The molecule has 2 aliphatic heterocycles. The Balaban J connectivity index is 1.72. The third-order valence-corrected chi connectivity index (χ3v) is 6.81. The van der Waals surface area contributed by atoms with E-state index in [1.807, 2.05) is 0 Å². The number of rotatable bonds is 3. The van der Waals surface area contributed by atoms with Gasteiger partial charge in [-0.2, -0.15) is 0 Å². The number of hydrogen-bond donors (Lipinski definition) is 0. The average molecular weight is 325 g/mol. The van der Waals surface area contributed by atoms with E-state index in [2.05, 4.69) is 24.1 Å². The van der Waals surface area contributed by atoms with Gasteiger partial charge in [-0.3, -0.25) is 14.5 Å². The highest BCUT2D eigenvalue weighted by Crippen LogP contribution is 2.56. The van der Waals surface area contributed by atoms with Gasteiger partial charge in [0.15, 0.2) is 5.78 Å². The number of nitrogens with zero attached hydrogens (tertiary/aromatic N) is 1. The second-order valence-electron chi connectivity index (χ2n) is 8.02. The Kier molecular flexibility index (Phi) is 3.87. The maximum absolute atomic E-state index is 12.1. The molecule has 1 saturated carbocycles. The molecule has 2 bridgehead atoms. The minimum atomic E-state index is 0.194. The van der Waals surface area contributed by atoms with Crippen LogP contribution in [0.2, 0.25) is 0 Å². The summed E-state index contributed by atoms with van der Waals surface area (Å²) in [6.07, 6.45) is 6.65. The number of Topliss-reactive ketones (excluding diaryl/α,β-unsaturated/α-hetero) is 2. The molecule has 1 saturated heterocycles. The third-order valence-electron chi connectivity index (χ3n) is 6.81. The van der Waals surface area contributed by atoms with E-state index in [0.717, 1.165) is 31.2 Å². The summed E-state index contributed by atoms with van der Waals surface area (Å²) in [5.74, 6) is 1.37. The highest BCUT2D eigenvalue weighted by atomic mass is 16.1. The first-order chi connectivity index (χ1) is 11.5. The van der Waals surface area contributed by atoms with Crippen molar-refractivity contribution in [1.29, 1.82) is 0 Å². The molecule has 0 aromatic heterocycles. The maximum atomic E-state index is 12.1. The molecule has 3 heteroatoms. The van der Waals surface area contributed by atoms with Crippen molar-refractivity contribution in [1.82, 2.24) is 4.90 Å². The van der Waals surface area contributed by atoms with Crippen LogP contribution in [0, 0.1) is 5.92 Å². The minimum Gasteiger partial charge on any atom is -0.300 e. The number of carbonyl (C=O) groups is 2. The predicted octanol–water partition coefficient (Wildman–Crippen LogP) is 4.57. The molecule has 2 fully saturated rings. The van der Waals surface area contributed by atoms with Gasteiger partial charge in [-0.05, 0) is 82.0 Å². The largest absolute Gasteiger partial charge is 0.300 e. The molecule has 128 valence electrons. The fourth-order valence-electron chi connectivity index (χ4n) is 5.49. The van der Waals surface area contributed by atoms with Gasteiger partial charge >= 0.3 is 0 Å². The molecule has 1 aliphatic carbocycles. The number of fused-ring (bicyclic) bond motifs is 5. The fraction of sp³-hybridized carbons (Fsp3) is 0.619. The van der Waals surface area contributed by atoms with E-state index in [-0.39, 0.29) is 11.7 Å². The van der Waals surface area contributed by atoms with Gasteiger partial charge in [0.1, 0.15) is 5.78 Å². The smallest absolute Gasteiger partial charge is 0.160 e.